The second kappa shape index (κ2) is 10.5. The van der Waals surface area contributed by atoms with Crippen molar-refractivity contribution in [3.8, 4) is 0 Å². The third-order valence-corrected chi connectivity index (χ3v) is 5.60. The van der Waals surface area contributed by atoms with E-state index in [1.54, 1.807) is 0 Å². The molecule has 0 unspecified atom stereocenters. The molecule has 0 spiro atoms. The van der Waals surface area contributed by atoms with Gasteiger partial charge in [0.1, 0.15) is 0 Å². The highest BCUT2D eigenvalue weighted by Crippen LogP contribution is 2.16. The molecule has 0 saturated carbocycles. The van der Waals surface area contributed by atoms with Gasteiger partial charge in [0.2, 0.25) is 0 Å². The number of nitrogens with one attached hydrogen (secondary N) is 2. The van der Waals surface area contributed by atoms with Crippen LogP contribution in [-0.4, -0.2) is 56.8 Å². The van der Waals surface area contributed by atoms with Crippen LogP contribution in [-0.2, 0) is 11.3 Å². The van der Waals surface area contributed by atoms with Crippen molar-refractivity contribution < 1.29 is 4.74 Å². The molecular formula is C22H34N4O. The molecular weight excluding hydrogens is 336 g/mol. The Morgan fingerprint density at radius 2 is 2.07 bits per heavy atom. The van der Waals surface area contributed by atoms with Crippen molar-refractivity contribution in [3.63, 3.8) is 0 Å². The van der Waals surface area contributed by atoms with Gasteiger partial charge in [-0.05, 0) is 43.7 Å². The topological polar surface area (TPSA) is 48.9 Å². The predicted octanol–water partition coefficient (Wildman–Crippen LogP) is 2.86. The first-order valence-electron chi connectivity index (χ1n) is 10.2. The summed E-state index contributed by atoms with van der Waals surface area (Å²) in [4.78, 5) is 6.96. The van der Waals surface area contributed by atoms with Gasteiger partial charge in [-0.3, -0.25) is 9.89 Å². The second-order valence-electron chi connectivity index (χ2n) is 7.56. The number of likely N-dealkylation sites (tertiary alicyclic amines) is 1. The van der Waals surface area contributed by atoms with E-state index in [1.807, 2.05) is 7.05 Å². The lowest BCUT2D eigenvalue weighted by Crippen LogP contribution is -2.48. The maximum atomic E-state index is 5.36. The number of hydrogen-bond donors (Lipinski definition) is 2. The van der Waals surface area contributed by atoms with Crippen molar-refractivity contribution in [2.75, 3.05) is 39.9 Å². The van der Waals surface area contributed by atoms with Crippen molar-refractivity contribution in [1.82, 2.24) is 15.5 Å². The van der Waals surface area contributed by atoms with Crippen LogP contribution < -0.4 is 10.6 Å². The standard InChI is InChI=1S/C22H34N4O/c1-18-5-3-4-6-20(18)17-26-13-8-21(9-14-26)25-22(23-2)24-12-7-19-10-15-27-16-11-19/h3-6,10,21H,7-9,11-17H2,1-2H3,(H2,23,24,25). The molecule has 0 aliphatic carbocycles. The van der Waals surface area contributed by atoms with E-state index in [0.29, 0.717) is 6.04 Å². The minimum atomic E-state index is 0.506. The van der Waals surface area contributed by atoms with Gasteiger partial charge in [0.05, 0.1) is 13.2 Å². The molecule has 3 rings (SSSR count). The Balaban J connectivity index is 1.37. The summed E-state index contributed by atoms with van der Waals surface area (Å²) in [7, 11) is 1.86. The Kier molecular flexibility index (Phi) is 7.72. The highest BCUT2D eigenvalue weighted by molar-refractivity contribution is 5.79. The van der Waals surface area contributed by atoms with Gasteiger partial charge in [0.15, 0.2) is 5.96 Å². The van der Waals surface area contributed by atoms with Crippen molar-refractivity contribution in [2.45, 2.75) is 45.2 Å². The number of nitrogens with zero attached hydrogens (tertiary/aromatic N) is 2. The van der Waals surface area contributed by atoms with E-state index < -0.39 is 0 Å². The van der Waals surface area contributed by atoms with Crippen LogP contribution in [0.3, 0.4) is 0 Å². The van der Waals surface area contributed by atoms with Crippen molar-refractivity contribution in [2.24, 2.45) is 4.99 Å². The molecule has 2 aliphatic heterocycles. The Bertz CT molecular complexity index is 647. The molecule has 2 aliphatic rings. The average Bonchev–Trinajstić information content (AvgIpc) is 2.71. The Labute approximate surface area is 163 Å². The quantitative estimate of drug-likeness (QED) is 0.459. The number of ether oxygens (including phenoxy) is 1. The first-order valence-corrected chi connectivity index (χ1v) is 10.2. The van der Waals surface area contributed by atoms with Crippen LogP contribution in [0.2, 0.25) is 0 Å². The Morgan fingerprint density at radius 1 is 1.26 bits per heavy atom. The van der Waals surface area contributed by atoms with Gasteiger partial charge in [0, 0.05) is 39.3 Å². The average molecular weight is 371 g/mol. The lowest BCUT2D eigenvalue weighted by molar-refractivity contribution is 0.153. The van der Waals surface area contributed by atoms with Crippen LogP contribution in [0.5, 0.6) is 0 Å². The van der Waals surface area contributed by atoms with Crippen LogP contribution >= 0.6 is 0 Å². The molecule has 5 heteroatoms. The molecule has 0 radical (unpaired) electrons. The predicted molar refractivity (Wildman–Crippen MR) is 112 cm³/mol. The fourth-order valence-corrected chi connectivity index (χ4v) is 3.79. The number of rotatable bonds is 6. The number of guanidine groups is 1. The molecule has 1 aromatic rings. The lowest BCUT2D eigenvalue weighted by Gasteiger charge is -2.33. The van der Waals surface area contributed by atoms with Crippen LogP contribution in [0.1, 0.15) is 36.8 Å². The molecule has 2 heterocycles. The molecule has 0 bridgehead atoms. The lowest BCUT2D eigenvalue weighted by atomic mass is 10.0. The molecule has 0 atom stereocenters. The van der Waals surface area contributed by atoms with Crippen LogP contribution in [0, 0.1) is 6.92 Å². The molecule has 2 N–H and O–H groups in total. The van der Waals surface area contributed by atoms with E-state index in [9.17, 15) is 0 Å². The highest BCUT2D eigenvalue weighted by Gasteiger charge is 2.20. The zero-order chi connectivity index (χ0) is 18.9. The summed E-state index contributed by atoms with van der Waals surface area (Å²) < 4.78 is 5.36. The van der Waals surface area contributed by atoms with Gasteiger partial charge in [-0.15, -0.1) is 0 Å². The van der Waals surface area contributed by atoms with E-state index in [-0.39, 0.29) is 0 Å². The number of aliphatic imine (C=N–C) groups is 1. The fourth-order valence-electron chi connectivity index (χ4n) is 3.79. The summed E-state index contributed by atoms with van der Waals surface area (Å²) in [6.45, 7) is 8.09. The zero-order valence-electron chi connectivity index (χ0n) is 16.8. The van der Waals surface area contributed by atoms with Gasteiger partial charge in [0.25, 0.3) is 0 Å². The minimum Gasteiger partial charge on any atom is -0.377 e. The Morgan fingerprint density at radius 3 is 2.78 bits per heavy atom. The first-order chi connectivity index (χ1) is 13.2. The highest BCUT2D eigenvalue weighted by atomic mass is 16.5. The van der Waals surface area contributed by atoms with E-state index in [4.69, 9.17) is 4.74 Å². The normalized spacial score (nSPS) is 19.6. The van der Waals surface area contributed by atoms with E-state index in [2.05, 4.69) is 57.8 Å². The van der Waals surface area contributed by atoms with Gasteiger partial charge in [-0.1, -0.05) is 35.9 Å². The Hall–Kier alpha value is -1.85. The third kappa shape index (κ3) is 6.36. The van der Waals surface area contributed by atoms with Crippen LogP contribution in [0.25, 0.3) is 0 Å². The molecule has 0 amide bonds. The molecule has 27 heavy (non-hydrogen) atoms. The summed E-state index contributed by atoms with van der Waals surface area (Å²) >= 11 is 0. The minimum absolute atomic E-state index is 0.506. The van der Waals surface area contributed by atoms with E-state index >= 15 is 0 Å². The number of benzene rings is 1. The molecule has 1 fully saturated rings. The third-order valence-electron chi connectivity index (χ3n) is 5.60. The van der Waals surface area contributed by atoms with Gasteiger partial charge in [-0.2, -0.15) is 0 Å². The molecule has 5 nitrogen and oxygen atoms in total. The van der Waals surface area contributed by atoms with Gasteiger partial charge >= 0.3 is 0 Å². The summed E-state index contributed by atoms with van der Waals surface area (Å²) in [6, 6.07) is 9.22. The number of aryl methyl sites for hydroxylation is 1. The van der Waals surface area contributed by atoms with Crippen molar-refractivity contribution >= 4 is 5.96 Å². The maximum Gasteiger partial charge on any atom is 0.191 e. The largest absolute Gasteiger partial charge is 0.377 e. The SMILES string of the molecule is CN=C(NCCC1=CCOCC1)NC1CCN(Cc2ccccc2C)CC1. The second-order valence-corrected chi connectivity index (χ2v) is 7.56. The fraction of sp³-hybridized carbons (Fsp3) is 0.591. The summed E-state index contributed by atoms with van der Waals surface area (Å²) in [6.07, 6.45) is 6.67. The molecule has 1 aromatic carbocycles. The van der Waals surface area contributed by atoms with Crippen molar-refractivity contribution in [3.05, 3.63) is 47.0 Å². The van der Waals surface area contributed by atoms with Gasteiger partial charge < -0.3 is 15.4 Å². The number of hydrogen-bond acceptors (Lipinski definition) is 3. The monoisotopic (exact) mass is 370 g/mol. The maximum absolute atomic E-state index is 5.36. The van der Waals surface area contributed by atoms with Crippen LogP contribution in [0.15, 0.2) is 40.9 Å². The van der Waals surface area contributed by atoms with Crippen LogP contribution in [0.4, 0.5) is 0 Å². The van der Waals surface area contributed by atoms with E-state index in [1.165, 1.54) is 16.7 Å². The van der Waals surface area contributed by atoms with Gasteiger partial charge in [-0.25, -0.2) is 0 Å². The summed E-state index contributed by atoms with van der Waals surface area (Å²) in [5, 5.41) is 7.07. The molecule has 148 valence electrons. The molecule has 0 aromatic heterocycles. The zero-order valence-corrected chi connectivity index (χ0v) is 16.8. The smallest absolute Gasteiger partial charge is 0.191 e. The first kappa shape index (κ1) is 19.9. The van der Waals surface area contributed by atoms with E-state index in [0.717, 1.165) is 71.0 Å². The number of piperidine rings is 1. The van der Waals surface area contributed by atoms with Crippen molar-refractivity contribution in [1.29, 1.82) is 0 Å². The summed E-state index contributed by atoms with van der Waals surface area (Å²) in [5.74, 6) is 0.931. The summed E-state index contributed by atoms with van der Waals surface area (Å²) in [5.41, 5.74) is 4.33. The molecule has 1 saturated heterocycles.